The highest BCUT2D eigenvalue weighted by Gasteiger charge is 2.48. The maximum atomic E-state index is 13.4. The normalized spacial score (nSPS) is 16.5. The molecule has 11 nitrogen and oxygen atoms in total. The van der Waals surface area contributed by atoms with Crippen LogP contribution >= 0.6 is 11.3 Å². The number of methoxy groups -OCH3 is 1. The smallest absolute Gasteiger partial charge is 0.350 e. The van der Waals surface area contributed by atoms with E-state index in [0.29, 0.717) is 12.4 Å². The number of amides is 1. The second-order valence-electron chi connectivity index (χ2n) is 8.30. The number of benzene rings is 2. The van der Waals surface area contributed by atoms with Gasteiger partial charge in [-0.05, 0) is 31.0 Å². The molecule has 0 bridgehead atoms. The molecule has 1 atom stereocenters. The predicted molar refractivity (Wildman–Crippen MR) is 138 cm³/mol. The Morgan fingerprint density at radius 2 is 1.95 bits per heavy atom. The van der Waals surface area contributed by atoms with Gasteiger partial charge in [0.05, 0.1) is 35.9 Å². The Bertz CT molecular complexity index is 1480. The zero-order valence-electron chi connectivity index (χ0n) is 20.7. The van der Waals surface area contributed by atoms with Gasteiger partial charge in [-0.1, -0.05) is 42.5 Å². The predicted octanol–water partition coefficient (Wildman–Crippen LogP) is 4.56. The number of Topliss-reactive ketones (excluding diaryl/α,β-unsaturated/α-hetero) is 1. The Kier molecular flexibility index (Phi) is 7.53. The van der Waals surface area contributed by atoms with Crippen LogP contribution in [0.1, 0.15) is 45.9 Å². The van der Waals surface area contributed by atoms with Gasteiger partial charge in [0.15, 0.2) is 5.13 Å². The van der Waals surface area contributed by atoms with Gasteiger partial charge in [0.25, 0.3) is 11.5 Å². The summed E-state index contributed by atoms with van der Waals surface area (Å²) in [5.41, 5.74) is 0.143. The number of aromatic nitrogens is 1. The van der Waals surface area contributed by atoms with Gasteiger partial charge in [-0.2, -0.15) is 0 Å². The first-order valence-corrected chi connectivity index (χ1v) is 12.3. The number of esters is 1. The maximum absolute atomic E-state index is 13.4. The molecule has 2 heterocycles. The van der Waals surface area contributed by atoms with Crippen LogP contribution in [0.5, 0.6) is 5.75 Å². The highest BCUT2D eigenvalue weighted by atomic mass is 32.1. The zero-order chi connectivity index (χ0) is 27.6. The lowest BCUT2D eigenvalue weighted by atomic mass is 9.95. The minimum absolute atomic E-state index is 0.000543. The van der Waals surface area contributed by atoms with Crippen molar-refractivity contribution >= 4 is 45.6 Å². The van der Waals surface area contributed by atoms with Crippen LogP contribution < -0.4 is 9.64 Å². The van der Waals surface area contributed by atoms with Crippen molar-refractivity contribution in [1.82, 2.24) is 4.98 Å². The molecule has 1 saturated heterocycles. The van der Waals surface area contributed by atoms with E-state index in [4.69, 9.17) is 9.47 Å². The van der Waals surface area contributed by atoms with Crippen LogP contribution in [0.25, 0.3) is 5.76 Å². The van der Waals surface area contributed by atoms with Crippen molar-refractivity contribution in [2.24, 2.45) is 0 Å². The second-order valence-corrected chi connectivity index (χ2v) is 9.28. The lowest BCUT2D eigenvalue weighted by molar-refractivity contribution is -0.384. The second kappa shape index (κ2) is 10.8. The van der Waals surface area contributed by atoms with Crippen LogP contribution in [0.2, 0.25) is 0 Å². The fraction of sp³-hybridized carbons (Fsp3) is 0.231. The average Bonchev–Trinajstić information content (AvgIpc) is 3.43. The molecule has 0 saturated carbocycles. The Balaban J connectivity index is 1.93. The van der Waals surface area contributed by atoms with Crippen molar-refractivity contribution in [2.75, 3.05) is 18.6 Å². The molecule has 0 aliphatic carbocycles. The largest absolute Gasteiger partial charge is 0.507 e. The topological polar surface area (TPSA) is 149 Å². The number of ketones is 1. The van der Waals surface area contributed by atoms with Gasteiger partial charge in [0, 0.05) is 17.7 Å². The van der Waals surface area contributed by atoms with Gasteiger partial charge in [-0.15, -0.1) is 0 Å². The van der Waals surface area contributed by atoms with E-state index in [1.54, 1.807) is 25.1 Å². The van der Waals surface area contributed by atoms with Crippen LogP contribution in [0, 0.1) is 17.0 Å². The van der Waals surface area contributed by atoms with Crippen LogP contribution in [0.15, 0.2) is 54.1 Å². The fourth-order valence-corrected chi connectivity index (χ4v) is 5.04. The number of nitro groups is 1. The molecule has 3 aromatic rings. The molecule has 1 fully saturated rings. The third-order valence-electron chi connectivity index (χ3n) is 5.78. The van der Waals surface area contributed by atoms with E-state index >= 15 is 0 Å². The summed E-state index contributed by atoms with van der Waals surface area (Å²) in [5.74, 6) is -2.71. The average molecular weight is 538 g/mol. The number of thiazole rings is 1. The molecular weight excluding hydrogens is 514 g/mol. The van der Waals surface area contributed by atoms with E-state index in [0.717, 1.165) is 22.7 Å². The minimum Gasteiger partial charge on any atom is -0.507 e. The van der Waals surface area contributed by atoms with Crippen LogP contribution in [0.4, 0.5) is 10.8 Å². The third-order valence-corrected chi connectivity index (χ3v) is 6.92. The lowest BCUT2D eigenvalue weighted by Gasteiger charge is -2.23. The standard InChI is InChI=1S/C26H23N3O8S/c1-4-11-37-18-10-6-8-16(13-18)21(30)19-20(15-7-5-9-17(12-15)29(34)35)28(24(32)22(19)31)26-27-14(2)23(38-26)25(33)36-3/h5-10,12-13,20,30H,4,11H2,1-3H3/b21-19+. The number of anilines is 1. The first-order valence-electron chi connectivity index (χ1n) is 11.5. The first-order chi connectivity index (χ1) is 18.2. The molecule has 1 aliphatic rings. The van der Waals surface area contributed by atoms with Crippen molar-refractivity contribution in [1.29, 1.82) is 0 Å². The molecule has 38 heavy (non-hydrogen) atoms. The van der Waals surface area contributed by atoms with Gasteiger partial charge >= 0.3 is 11.9 Å². The Labute approximate surface area is 221 Å². The third kappa shape index (κ3) is 4.85. The number of hydrogen-bond donors (Lipinski definition) is 1. The summed E-state index contributed by atoms with van der Waals surface area (Å²) >= 11 is 0.834. The number of carbonyl (C=O) groups excluding carboxylic acids is 3. The summed E-state index contributed by atoms with van der Waals surface area (Å²) in [7, 11) is 1.20. The SMILES string of the molecule is CCCOc1cccc(/C(O)=C2\C(=O)C(=O)N(c3nc(C)c(C(=O)OC)s3)C2c2cccc([N+](=O)[O-])c2)c1. The molecule has 0 spiro atoms. The number of hydrogen-bond acceptors (Lipinski definition) is 10. The lowest BCUT2D eigenvalue weighted by Crippen LogP contribution is -2.29. The number of aliphatic hydroxyl groups is 1. The number of nitrogens with zero attached hydrogens (tertiary/aromatic N) is 3. The quantitative estimate of drug-likeness (QED) is 0.109. The summed E-state index contributed by atoms with van der Waals surface area (Å²) in [4.78, 5) is 55.2. The fourth-order valence-electron chi connectivity index (χ4n) is 4.03. The summed E-state index contributed by atoms with van der Waals surface area (Å²) in [6.45, 7) is 3.93. The van der Waals surface area contributed by atoms with Gasteiger partial charge < -0.3 is 14.6 Å². The van der Waals surface area contributed by atoms with E-state index in [2.05, 4.69) is 4.98 Å². The van der Waals surface area contributed by atoms with Crippen molar-refractivity contribution in [2.45, 2.75) is 26.3 Å². The summed E-state index contributed by atoms with van der Waals surface area (Å²) < 4.78 is 10.4. The number of rotatable bonds is 8. The van der Waals surface area contributed by atoms with E-state index in [-0.39, 0.29) is 38.1 Å². The number of nitro benzene ring substituents is 1. The molecule has 1 unspecified atom stereocenters. The van der Waals surface area contributed by atoms with E-state index in [9.17, 15) is 29.6 Å². The number of non-ortho nitro benzene ring substituents is 1. The Hall–Kier alpha value is -4.58. The monoisotopic (exact) mass is 537 g/mol. The summed E-state index contributed by atoms with van der Waals surface area (Å²) in [6.07, 6.45) is 0.759. The van der Waals surface area contributed by atoms with Crippen molar-refractivity contribution in [3.05, 3.63) is 85.9 Å². The minimum atomic E-state index is -1.26. The molecule has 1 N–H and O–H groups in total. The van der Waals surface area contributed by atoms with Crippen molar-refractivity contribution in [3.8, 4) is 5.75 Å². The zero-order valence-corrected chi connectivity index (χ0v) is 21.5. The molecule has 1 aliphatic heterocycles. The van der Waals surface area contributed by atoms with Crippen LogP contribution in [0.3, 0.4) is 0 Å². The van der Waals surface area contributed by atoms with Gasteiger partial charge in [0.1, 0.15) is 16.4 Å². The molecule has 1 aromatic heterocycles. The first kappa shape index (κ1) is 26.5. The van der Waals surface area contributed by atoms with Crippen molar-refractivity contribution in [3.63, 3.8) is 0 Å². The number of carbonyl (C=O) groups is 3. The molecule has 196 valence electrons. The number of aliphatic hydroxyl groups excluding tert-OH is 1. The number of ether oxygens (including phenoxy) is 2. The van der Waals surface area contributed by atoms with Gasteiger partial charge in [-0.25, -0.2) is 9.78 Å². The molecular formula is C26H23N3O8S. The van der Waals surface area contributed by atoms with Crippen LogP contribution in [-0.4, -0.2) is 46.4 Å². The Morgan fingerprint density at radius 1 is 1.21 bits per heavy atom. The van der Waals surface area contributed by atoms with Crippen molar-refractivity contribution < 1.29 is 33.9 Å². The maximum Gasteiger partial charge on any atom is 0.350 e. The van der Waals surface area contributed by atoms with E-state index in [1.807, 2.05) is 6.92 Å². The van der Waals surface area contributed by atoms with E-state index in [1.165, 1.54) is 37.4 Å². The Morgan fingerprint density at radius 3 is 2.63 bits per heavy atom. The van der Waals surface area contributed by atoms with Gasteiger partial charge in [0.2, 0.25) is 0 Å². The molecule has 1 amide bonds. The highest BCUT2D eigenvalue weighted by molar-refractivity contribution is 7.17. The summed E-state index contributed by atoms with van der Waals surface area (Å²) in [5, 5.41) is 22.8. The van der Waals surface area contributed by atoms with Crippen LogP contribution in [-0.2, 0) is 14.3 Å². The van der Waals surface area contributed by atoms with E-state index < -0.39 is 34.4 Å². The molecule has 2 aromatic carbocycles. The molecule has 4 rings (SSSR count). The number of aryl methyl sites for hydroxylation is 1. The highest BCUT2D eigenvalue weighted by Crippen LogP contribution is 2.44. The molecule has 0 radical (unpaired) electrons. The molecule has 12 heteroatoms. The van der Waals surface area contributed by atoms with Gasteiger partial charge in [-0.3, -0.25) is 24.6 Å². The summed E-state index contributed by atoms with van der Waals surface area (Å²) in [6, 6.07) is 10.6.